The lowest BCUT2D eigenvalue weighted by molar-refractivity contribution is -0.254. The topological polar surface area (TPSA) is 107 Å². The summed E-state index contributed by atoms with van der Waals surface area (Å²) in [7, 11) is -0.841. The van der Waals surface area contributed by atoms with Crippen molar-refractivity contribution in [3.8, 4) is 0 Å². The number of carbonyl (C=O) groups excluding carboxylic acids is 2. The third kappa shape index (κ3) is 3.58. The summed E-state index contributed by atoms with van der Waals surface area (Å²) in [5, 5.41) is 14.8. The number of thiophene rings is 1. The second-order valence-corrected chi connectivity index (χ2v) is 7.78. The molecule has 122 valence electrons. The Morgan fingerprint density at radius 3 is 2.48 bits per heavy atom. The highest BCUT2D eigenvalue weighted by Gasteiger charge is 2.21. The van der Waals surface area contributed by atoms with E-state index in [0.717, 1.165) is 15.6 Å². The van der Waals surface area contributed by atoms with Crippen LogP contribution in [0, 0.1) is 0 Å². The largest absolute Gasteiger partial charge is 0.545 e. The van der Waals surface area contributed by atoms with E-state index in [1.54, 1.807) is 6.07 Å². The Balaban J connectivity index is 2.27. The molecule has 0 unspecified atom stereocenters. The van der Waals surface area contributed by atoms with Gasteiger partial charge in [0, 0.05) is 25.0 Å². The van der Waals surface area contributed by atoms with Crippen LogP contribution < -0.4 is 10.4 Å². The molecule has 0 aliphatic carbocycles. The van der Waals surface area contributed by atoms with Crippen LogP contribution in [0.3, 0.4) is 0 Å². The summed E-state index contributed by atoms with van der Waals surface area (Å²) in [5.74, 6) is -2.01. The maximum absolute atomic E-state index is 12.2. The van der Waals surface area contributed by atoms with Crippen molar-refractivity contribution in [3.05, 3.63) is 46.2 Å². The molecule has 1 amide bonds. The molecule has 7 nitrogen and oxygen atoms in total. The second-order valence-electron chi connectivity index (χ2n) is 4.72. The number of carboxylic acid groups (broad SMARTS) is 1. The number of carboxylic acids is 1. The number of amides is 1. The van der Waals surface area contributed by atoms with Crippen LogP contribution in [-0.2, 0) is 10.0 Å². The number of nitrogens with zero attached hydrogens (tertiary/aromatic N) is 1. The van der Waals surface area contributed by atoms with Crippen LogP contribution in [0.25, 0.3) is 0 Å². The number of aromatic carboxylic acids is 1. The minimum atomic E-state index is -3.62. The average Bonchev–Trinajstić information content (AvgIpc) is 2.98. The minimum Gasteiger partial charge on any atom is -0.545 e. The monoisotopic (exact) mass is 353 g/mol. The predicted molar refractivity (Wildman–Crippen MR) is 83.9 cm³/mol. The lowest BCUT2D eigenvalue weighted by Crippen LogP contribution is -2.24. The minimum absolute atomic E-state index is 0.00540. The molecule has 0 saturated heterocycles. The summed E-state index contributed by atoms with van der Waals surface area (Å²) < 4.78 is 25.0. The molecule has 9 heteroatoms. The molecule has 1 heterocycles. The van der Waals surface area contributed by atoms with Crippen molar-refractivity contribution in [3.63, 3.8) is 0 Å². The normalized spacial score (nSPS) is 11.4. The molecule has 0 saturated carbocycles. The number of rotatable bonds is 5. The van der Waals surface area contributed by atoms with Crippen molar-refractivity contribution in [1.82, 2.24) is 4.31 Å². The molecule has 2 aromatic rings. The Bertz CT molecular complexity index is 856. The van der Waals surface area contributed by atoms with Crippen LogP contribution in [-0.4, -0.2) is 38.7 Å². The van der Waals surface area contributed by atoms with Gasteiger partial charge in [-0.1, -0.05) is 18.2 Å². The first-order chi connectivity index (χ1) is 10.7. The molecular formula is C14H13N2O5S2-. The molecule has 1 aromatic carbocycles. The van der Waals surface area contributed by atoms with Gasteiger partial charge in [-0.15, -0.1) is 11.3 Å². The predicted octanol–water partition coefficient (Wildman–Crippen LogP) is 0.614. The first kappa shape index (κ1) is 17.1. The molecule has 1 aromatic heterocycles. The maximum atomic E-state index is 12.2. The molecular weight excluding hydrogens is 340 g/mol. The third-order valence-corrected chi connectivity index (χ3v) is 5.84. The number of hydrogen-bond donors (Lipinski definition) is 1. The van der Waals surface area contributed by atoms with Crippen LogP contribution in [0.4, 0.5) is 5.69 Å². The average molecular weight is 353 g/mol. The van der Waals surface area contributed by atoms with E-state index in [1.807, 2.05) is 0 Å². The molecule has 0 bridgehead atoms. The molecule has 1 N–H and O–H groups in total. The molecule has 2 rings (SSSR count). The standard InChI is InChI=1S/C14H14N2O5S2/c1-16(2)23(20,21)9-7-12(22-8-9)13(17)15-11-6-4-3-5-10(11)14(18)19/h3-8H,1-2H3,(H,15,17)(H,18,19)/p-1. The summed E-state index contributed by atoms with van der Waals surface area (Å²) in [6.45, 7) is 0. The van der Waals surface area contributed by atoms with Gasteiger partial charge in [-0.05, 0) is 12.1 Å². The highest BCUT2D eigenvalue weighted by molar-refractivity contribution is 7.89. The first-order valence-electron chi connectivity index (χ1n) is 6.36. The number of anilines is 1. The van der Waals surface area contributed by atoms with E-state index in [4.69, 9.17) is 0 Å². The molecule has 0 radical (unpaired) electrons. The zero-order chi connectivity index (χ0) is 17.2. The van der Waals surface area contributed by atoms with Crippen molar-refractivity contribution in [1.29, 1.82) is 0 Å². The summed E-state index contributed by atoms with van der Waals surface area (Å²) in [4.78, 5) is 23.3. The number of para-hydroxylation sites is 1. The fourth-order valence-electron chi connectivity index (χ4n) is 1.74. The number of benzene rings is 1. The maximum Gasteiger partial charge on any atom is 0.265 e. The summed E-state index contributed by atoms with van der Waals surface area (Å²) in [6.07, 6.45) is 0. The van der Waals surface area contributed by atoms with E-state index in [1.165, 1.54) is 43.7 Å². The van der Waals surface area contributed by atoms with Gasteiger partial charge >= 0.3 is 0 Å². The van der Waals surface area contributed by atoms with Crippen LogP contribution in [0.15, 0.2) is 40.6 Å². The summed E-state index contributed by atoms with van der Waals surface area (Å²) >= 11 is 0.955. The van der Waals surface area contributed by atoms with E-state index >= 15 is 0 Å². The number of carbonyl (C=O) groups is 2. The highest BCUT2D eigenvalue weighted by Crippen LogP contribution is 2.23. The van der Waals surface area contributed by atoms with Gasteiger partial charge in [0.1, 0.15) is 0 Å². The number of nitrogens with one attached hydrogen (secondary N) is 1. The van der Waals surface area contributed by atoms with Crippen molar-refractivity contribution in [2.75, 3.05) is 19.4 Å². The smallest absolute Gasteiger partial charge is 0.265 e. The Morgan fingerprint density at radius 2 is 1.87 bits per heavy atom. The fraction of sp³-hybridized carbons (Fsp3) is 0.143. The lowest BCUT2D eigenvalue weighted by Gasteiger charge is -2.11. The van der Waals surface area contributed by atoms with E-state index < -0.39 is 21.9 Å². The van der Waals surface area contributed by atoms with Gasteiger partial charge in [0.25, 0.3) is 5.91 Å². The zero-order valence-corrected chi connectivity index (χ0v) is 13.9. The summed E-state index contributed by atoms with van der Waals surface area (Å²) in [6, 6.07) is 7.05. The molecule has 0 spiro atoms. The Kier molecular flexibility index (Phi) is 4.83. The van der Waals surface area contributed by atoms with Gasteiger partial charge in [0.2, 0.25) is 10.0 Å². The third-order valence-electron chi connectivity index (χ3n) is 2.97. The van der Waals surface area contributed by atoms with Gasteiger partial charge in [-0.3, -0.25) is 4.79 Å². The van der Waals surface area contributed by atoms with Crippen molar-refractivity contribution < 1.29 is 23.1 Å². The molecule has 0 aliphatic heterocycles. The summed E-state index contributed by atoms with van der Waals surface area (Å²) in [5.41, 5.74) is -0.0681. The second kappa shape index (κ2) is 6.49. The highest BCUT2D eigenvalue weighted by atomic mass is 32.2. The Hall–Kier alpha value is -2.23. The Labute approximate surface area is 137 Å². The van der Waals surface area contributed by atoms with Crippen molar-refractivity contribution in [2.24, 2.45) is 0 Å². The number of hydrogen-bond acceptors (Lipinski definition) is 6. The van der Waals surface area contributed by atoms with E-state index in [9.17, 15) is 23.1 Å². The molecule has 23 heavy (non-hydrogen) atoms. The molecule has 0 atom stereocenters. The quantitative estimate of drug-likeness (QED) is 0.848. The SMILES string of the molecule is CN(C)S(=O)(=O)c1csc(C(=O)Nc2ccccc2C(=O)[O-])c1. The van der Waals surface area contributed by atoms with Crippen LogP contribution in [0.2, 0.25) is 0 Å². The Morgan fingerprint density at radius 1 is 1.22 bits per heavy atom. The van der Waals surface area contributed by atoms with Crippen LogP contribution in [0.5, 0.6) is 0 Å². The van der Waals surface area contributed by atoms with Crippen molar-refractivity contribution in [2.45, 2.75) is 4.90 Å². The van der Waals surface area contributed by atoms with E-state index in [-0.39, 0.29) is 21.0 Å². The van der Waals surface area contributed by atoms with Crippen molar-refractivity contribution >= 4 is 38.9 Å². The lowest BCUT2D eigenvalue weighted by atomic mass is 10.2. The van der Waals surface area contributed by atoms with Gasteiger partial charge < -0.3 is 15.2 Å². The van der Waals surface area contributed by atoms with E-state index in [2.05, 4.69) is 5.32 Å². The van der Waals surface area contributed by atoms with Gasteiger partial charge in [-0.2, -0.15) is 0 Å². The van der Waals surface area contributed by atoms with E-state index in [0.29, 0.717) is 0 Å². The van der Waals surface area contributed by atoms with Gasteiger partial charge in [-0.25, -0.2) is 12.7 Å². The molecule has 0 aliphatic rings. The van der Waals surface area contributed by atoms with Crippen LogP contribution >= 0.6 is 11.3 Å². The zero-order valence-electron chi connectivity index (χ0n) is 12.3. The number of sulfonamides is 1. The van der Waals surface area contributed by atoms with Crippen LogP contribution in [0.1, 0.15) is 20.0 Å². The van der Waals surface area contributed by atoms with Gasteiger partial charge in [0.15, 0.2) is 0 Å². The first-order valence-corrected chi connectivity index (χ1v) is 8.68. The molecule has 0 fully saturated rings. The van der Waals surface area contributed by atoms with Gasteiger partial charge in [0.05, 0.1) is 21.4 Å². The fourth-order valence-corrected chi connectivity index (χ4v) is 3.80.